The SMILES string of the molecule is CN1CCN(C(=O)C(C)(C)/C(N)=N/O)CC1(C)C. The number of amides is 1. The number of hydrogen-bond donors (Lipinski definition) is 2. The largest absolute Gasteiger partial charge is 0.409 e. The number of nitrogens with zero attached hydrogens (tertiary/aromatic N) is 3. The lowest BCUT2D eigenvalue weighted by Crippen LogP contribution is -2.61. The van der Waals surface area contributed by atoms with Crippen LogP contribution in [-0.4, -0.2) is 59.0 Å². The highest BCUT2D eigenvalue weighted by Crippen LogP contribution is 2.25. The quantitative estimate of drug-likeness (QED) is 0.322. The van der Waals surface area contributed by atoms with Crippen LogP contribution < -0.4 is 5.73 Å². The third-order valence-corrected chi connectivity index (χ3v) is 3.89. The van der Waals surface area contributed by atoms with Gasteiger partial charge < -0.3 is 15.8 Å². The first-order chi connectivity index (χ1) is 8.13. The van der Waals surface area contributed by atoms with Gasteiger partial charge in [-0.3, -0.25) is 9.69 Å². The van der Waals surface area contributed by atoms with Gasteiger partial charge in [-0.25, -0.2) is 0 Å². The van der Waals surface area contributed by atoms with E-state index in [1.807, 2.05) is 0 Å². The van der Waals surface area contributed by atoms with Crippen LogP contribution in [0.4, 0.5) is 0 Å². The molecule has 3 N–H and O–H groups in total. The second kappa shape index (κ2) is 4.76. The van der Waals surface area contributed by atoms with Crippen molar-refractivity contribution in [2.75, 3.05) is 26.7 Å². The second-order valence-corrected chi connectivity index (χ2v) is 6.07. The van der Waals surface area contributed by atoms with Gasteiger partial charge >= 0.3 is 0 Å². The molecule has 1 rings (SSSR count). The zero-order chi connectivity index (χ0) is 14.1. The van der Waals surface area contributed by atoms with Crippen LogP contribution >= 0.6 is 0 Å². The molecular weight excluding hydrogens is 232 g/mol. The van der Waals surface area contributed by atoms with Crippen LogP contribution in [0, 0.1) is 5.41 Å². The zero-order valence-corrected chi connectivity index (χ0v) is 11.9. The minimum atomic E-state index is -0.971. The normalized spacial score (nSPS) is 22.1. The zero-order valence-electron chi connectivity index (χ0n) is 11.9. The maximum atomic E-state index is 12.5. The van der Waals surface area contributed by atoms with Crippen LogP contribution in [0.1, 0.15) is 27.7 Å². The molecule has 0 bridgehead atoms. The Balaban J connectivity index is 2.87. The molecule has 0 atom stereocenters. The summed E-state index contributed by atoms with van der Waals surface area (Å²) in [5.41, 5.74) is 4.56. The van der Waals surface area contributed by atoms with E-state index in [2.05, 4.69) is 31.0 Å². The topological polar surface area (TPSA) is 82.2 Å². The number of carbonyl (C=O) groups excluding carboxylic acids is 1. The van der Waals surface area contributed by atoms with E-state index in [9.17, 15) is 4.79 Å². The fraction of sp³-hybridized carbons (Fsp3) is 0.833. The van der Waals surface area contributed by atoms with E-state index in [-0.39, 0.29) is 17.3 Å². The molecular formula is C12H24N4O2. The monoisotopic (exact) mass is 256 g/mol. The van der Waals surface area contributed by atoms with Crippen LogP contribution in [0.25, 0.3) is 0 Å². The van der Waals surface area contributed by atoms with Gasteiger partial charge in [0.1, 0.15) is 5.41 Å². The summed E-state index contributed by atoms with van der Waals surface area (Å²) in [5.74, 6) is -0.150. The number of rotatable bonds is 2. The molecule has 1 saturated heterocycles. The standard InChI is InChI=1S/C12H24N4O2/c1-11(2)8-16(7-6-15(11)5)10(17)12(3,4)9(13)14-18/h18H,6-8H2,1-5H3,(H2,13,14). The van der Waals surface area contributed by atoms with Gasteiger partial charge in [0.05, 0.1) is 0 Å². The molecule has 1 amide bonds. The number of hydrogen-bond acceptors (Lipinski definition) is 4. The molecule has 1 fully saturated rings. The van der Waals surface area contributed by atoms with E-state index in [4.69, 9.17) is 10.9 Å². The van der Waals surface area contributed by atoms with Gasteiger partial charge in [-0.1, -0.05) is 5.16 Å². The summed E-state index contributed by atoms with van der Waals surface area (Å²) >= 11 is 0. The Labute approximate surface area is 108 Å². The summed E-state index contributed by atoms with van der Waals surface area (Å²) in [6.45, 7) is 9.69. The van der Waals surface area contributed by atoms with E-state index in [1.165, 1.54) is 0 Å². The molecule has 0 spiro atoms. The minimum absolute atomic E-state index is 0.0516. The molecule has 6 heteroatoms. The third-order valence-electron chi connectivity index (χ3n) is 3.89. The minimum Gasteiger partial charge on any atom is -0.409 e. The van der Waals surface area contributed by atoms with Gasteiger partial charge in [0, 0.05) is 25.2 Å². The first kappa shape index (κ1) is 14.8. The summed E-state index contributed by atoms with van der Waals surface area (Å²) in [6.07, 6.45) is 0. The van der Waals surface area contributed by atoms with E-state index >= 15 is 0 Å². The third kappa shape index (κ3) is 2.58. The van der Waals surface area contributed by atoms with E-state index in [0.29, 0.717) is 13.1 Å². The molecule has 0 aromatic carbocycles. The molecule has 0 saturated carbocycles. The number of piperazine rings is 1. The van der Waals surface area contributed by atoms with E-state index in [1.54, 1.807) is 18.7 Å². The Morgan fingerprint density at radius 2 is 1.94 bits per heavy atom. The van der Waals surface area contributed by atoms with Crippen molar-refractivity contribution >= 4 is 11.7 Å². The number of oxime groups is 1. The number of nitrogens with two attached hydrogens (primary N) is 1. The summed E-state index contributed by atoms with van der Waals surface area (Å²) in [6, 6.07) is 0. The van der Waals surface area contributed by atoms with Crippen molar-refractivity contribution in [2.24, 2.45) is 16.3 Å². The van der Waals surface area contributed by atoms with Crippen LogP contribution in [0.5, 0.6) is 0 Å². The first-order valence-electron chi connectivity index (χ1n) is 6.11. The predicted molar refractivity (Wildman–Crippen MR) is 70.5 cm³/mol. The Bertz CT molecular complexity index is 363. The summed E-state index contributed by atoms with van der Waals surface area (Å²) in [7, 11) is 2.05. The van der Waals surface area contributed by atoms with E-state index < -0.39 is 5.41 Å². The molecule has 104 valence electrons. The van der Waals surface area contributed by atoms with E-state index in [0.717, 1.165) is 6.54 Å². The van der Waals surface area contributed by atoms with Crippen molar-refractivity contribution in [2.45, 2.75) is 33.2 Å². The molecule has 1 heterocycles. The van der Waals surface area contributed by atoms with Gasteiger partial charge in [-0.05, 0) is 34.7 Å². The van der Waals surface area contributed by atoms with Crippen molar-refractivity contribution in [1.29, 1.82) is 0 Å². The lowest BCUT2D eigenvalue weighted by atomic mass is 9.88. The maximum absolute atomic E-state index is 12.5. The number of amidine groups is 1. The highest BCUT2D eigenvalue weighted by Gasteiger charge is 2.41. The van der Waals surface area contributed by atoms with Crippen molar-refractivity contribution in [3.63, 3.8) is 0 Å². The Morgan fingerprint density at radius 1 is 1.39 bits per heavy atom. The molecule has 6 nitrogen and oxygen atoms in total. The Hall–Kier alpha value is -1.30. The molecule has 0 aliphatic carbocycles. The first-order valence-corrected chi connectivity index (χ1v) is 6.11. The number of carbonyl (C=O) groups is 1. The lowest BCUT2D eigenvalue weighted by molar-refractivity contribution is -0.141. The average Bonchev–Trinajstić information content (AvgIpc) is 2.30. The molecule has 0 unspecified atom stereocenters. The molecule has 0 aromatic rings. The fourth-order valence-corrected chi connectivity index (χ4v) is 2.04. The van der Waals surface area contributed by atoms with Crippen LogP contribution in [-0.2, 0) is 4.79 Å². The van der Waals surface area contributed by atoms with Crippen molar-refractivity contribution in [3.05, 3.63) is 0 Å². The van der Waals surface area contributed by atoms with Crippen LogP contribution in [0.15, 0.2) is 5.16 Å². The van der Waals surface area contributed by atoms with Gasteiger partial charge in [0.2, 0.25) is 5.91 Å². The van der Waals surface area contributed by atoms with Crippen LogP contribution in [0.3, 0.4) is 0 Å². The predicted octanol–water partition coefficient (Wildman–Crippen LogP) is 0.312. The summed E-state index contributed by atoms with van der Waals surface area (Å²) in [5, 5.41) is 11.7. The summed E-state index contributed by atoms with van der Waals surface area (Å²) < 4.78 is 0. The smallest absolute Gasteiger partial charge is 0.236 e. The summed E-state index contributed by atoms with van der Waals surface area (Å²) in [4.78, 5) is 16.5. The highest BCUT2D eigenvalue weighted by molar-refractivity contribution is 6.05. The number of likely N-dealkylation sites (N-methyl/N-ethyl adjacent to an activating group) is 1. The molecule has 1 aliphatic heterocycles. The Kier molecular flexibility index (Phi) is 3.90. The lowest BCUT2D eigenvalue weighted by Gasteiger charge is -2.46. The van der Waals surface area contributed by atoms with Crippen molar-refractivity contribution in [3.8, 4) is 0 Å². The fourth-order valence-electron chi connectivity index (χ4n) is 2.04. The van der Waals surface area contributed by atoms with Crippen molar-refractivity contribution < 1.29 is 10.0 Å². The van der Waals surface area contributed by atoms with Gasteiger partial charge in [-0.15, -0.1) is 0 Å². The molecule has 0 aromatic heterocycles. The highest BCUT2D eigenvalue weighted by atomic mass is 16.4. The Morgan fingerprint density at radius 3 is 2.39 bits per heavy atom. The van der Waals surface area contributed by atoms with Gasteiger partial charge in [0.25, 0.3) is 0 Å². The van der Waals surface area contributed by atoms with Gasteiger partial charge in [0.15, 0.2) is 5.84 Å². The molecule has 0 radical (unpaired) electrons. The average molecular weight is 256 g/mol. The van der Waals surface area contributed by atoms with Gasteiger partial charge in [-0.2, -0.15) is 0 Å². The van der Waals surface area contributed by atoms with Crippen molar-refractivity contribution in [1.82, 2.24) is 9.80 Å². The van der Waals surface area contributed by atoms with Crippen LogP contribution in [0.2, 0.25) is 0 Å². The maximum Gasteiger partial charge on any atom is 0.236 e. The molecule has 18 heavy (non-hydrogen) atoms. The molecule has 1 aliphatic rings. The second-order valence-electron chi connectivity index (χ2n) is 6.07.